The lowest BCUT2D eigenvalue weighted by Gasteiger charge is -2.24. The predicted octanol–water partition coefficient (Wildman–Crippen LogP) is 3.88. The van der Waals surface area contributed by atoms with Crippen LogP contribution in [0.25, 0.3) is 0 Å². The summed E-state index contributed by atoms with van der Waals surface area (Å²) in [6.07, 6.45) is 0. The third-order valence-electron chi connectivity index (χ3n) is 3.24. The van der Waals surface area contributed by atoms with Crippen LogP contribution < -0.4 is 5.32 Å². The molecule has 4 heteroatoms. The highest BCUT2D eigenvalue weighted by molar-refractivity contribution is 5.98. The minimum atomic E-state index is -0.817. The fraction of sp³-hybridized carbons (Fsp3) is 0.188. The molecule has 0 heterocycles. The molecule has 0 atom stereocenters. The largest absolute Gasteiger partial charge is 0.323 e. The van der Waals surface area contributed by atoms with Gasteiger partial charge in [-0.2, -0.15) is 0 Å². The van der Waals surface area contributed by atoms with Crippen molar-refractivity contribution in [2.75, 3.05) is 5.32 Å². The summed E-state index contributed by atoms with van der Waals surface area (Å²) in [6.45, 7) is 3.50. The first-order valence-electron chi connectivity index (χ1n) is 6.23. The number of halogens is 2. The fourth-order valence-electron chi connectivity index (χ4n) is 1.86. The Morgan fingerprint density at radius 2 is 1.70 bits per heavy atom. The quantitative estimate of drug-likeness (QED) is 0.905. The van der Waals surface area contributed by atoms with Gasteiger partial charge in [0.05, 0.1) is 11.1 Å². The van der Waals surface area contributed by atoms with Crippen LogP contribution in [0.1, 0.15) is 19.4 Å². The molecule has 0 radical (unpaired) electrons. The number of hydrogen-bond donors (Lipinski definition) is 1. The van der Waals surface area contributed by atoms with Gasteiger partial charge in [0.25, 0.3) is 0 Å². The SMILES string of the molecule is CC(C)(C(=O)Nc1ccc(F)cc1F)c1ccccc1. The van der Waals surface area contributed by atoms with Gasteiger partial charge in [0, 0.05) is 6.07 Å². The van der Waals surface area contributed by atoms with E-state index in [9.17, 15) is 13.6 Å². The molecule has 2 aromatic rings. The summed E-state index contributed by atoms with van der Waals surface area (Å²) < 4.78 is 26.4. The molecule has 20 heavy (non-hydrogen) atoms. The van der Waals surface area contributed by atoms with Crippen LogP contribution in [0.2, 0.25) is 0 Å². The Labute approximate surface area is 116 Å². The normalized spacial score (nSPS) is 11.2. The van der Waals surface area contributed by atoms with Gasteiger partial charge in [-0.1, -0.05) is 30.3 Å². The molecule has 2 rings (SSSR count). The molecule has 0 aliphatic heterocycles. The van der Waals surface area contributed by atoms with Crippen molar-refractivity contribution in [3.8, 4) is 0 Å². The molecule has 0 fully saturated rings. The Morgan fingerprint density at radius 1 is 1.05 bits per heavy atom. The van der Waals surface area contributed by atoms with Gasteiger partial charge >= 0.3 is 0 Å². The Kier molecular flexibility index (Phi) is 3.84. The van der Waals surface area contributed by atoms with Crippen LogP contribution in [-0.4, -0.2) is 5.91 Å². The van der Waals surface area contributed by atoms with Crippen molar-refractivity contribution in [1.29, 1.82) is 0 Å². The highest BCUT2D eigenvalue weighted by Gasteiger charge is 2.30. The maximum Gasteiger partial charge on any atom is 0.234 e. The highest BCUT2D eigenvalue weighted by atomic mass is 19.1. The van der Waals surface area contributed by atoms with Crippen LogP contribution in [-0.2, 0) is 10.2 Å². The van der Waals surface area contributed by atoms with Crippen LogP contribution in [0.3, 0.4) is 0 Å². The minimum Gasteiger partial charge on any atom is -0.323 e. The number of carbonyl (C=O) groups excluding carboxylic acids is 1. The molecule has 0 aliphatic carbocycles. The van der Waals surface area contributed by atoms with Crippen LogP contribution in [0.4, 0.5) is 14.5 Å². The molecular formula is C16H15F2NO. The third-order valence-corrected chi connectivity index (χ3v) is 3.24. The second-order valence-corrected chi connectivity index (χ2v) is 5.07. The van der Waals surface area contributed by atoms with Gasteiger partial charge in [-0.3, -0.25) is 4.79 Å². The van der Waals surface area contributed by atoms with Gasteiger partial charge in [0.2, 0.25) is 5.91 Å². The van der Waals surface area contributed by atoms with E-state index in [0.717, 1.165) is 17.7 Å². The Morgan fingerprint density at radius 3 is 2.30 bits per heavy atom. The third kappa shape index (κ3) is 2.85. The van der Waals surface area contributed by atoms with E-state index in [4.69, 9.17) is 0 Å². The summed E-state index contributed by atoms with van der Waals surface area (Å²) in [5, 5.41) is 2.50. The van der Waals surface area contributed by atoms with Gasteiger partial charge in [-0.15, -0.1) is 0 Å². The van der Waals surface area contributed by atoms with E-state index >= 15 is 0 Å². The molecule has 0 aromatic heterocycles. The van der Waals surface area contributed by atoms with Gasteiger partial charge in [-0.25, -0.2) is 8.78 Å². The van der Waals surface area contributed by atoms with Crippen LogP contribution in [0, 0.1) is 11.6 Å². The van der Waals surface area contributed by atoms with Crippen molar-refractivity contribution < 1.29 is 13.6 Å². The molecular weight excluding hydrogens is 260 g/mol. The zero-order valence-corrected chi connectivity index (χ0v) is 11.3. The van der Waals surface area contributed by atoms with Crippen molar-refractivity contribution >= 4 is 11.6 Å². The molecule has 2 aromatic carbocycles. The standard InChI is InChI=1S/C16H15F2NO/c1-16(2,11-6-4-3-5-7-11)15(20)19-14-9-8-12(17)10-13(14)18/h3-10H,1-2H3,(H,19,20). The number of amides is 1. The molecule has 104 valence electrons. The van der Waals surface area contributed by atoms with E-state index in [2.05, 4.69) is 5.32 Å². The summed E-state index contributed by atoms with van der Waals surface area (Å²) in [4.78, 5) is 12.3. The van der Waals surface area contributed by atoms with Crippen molar-refractivity contribution in [1.82, 2.24) is 0 Å². The maximum absolute atomic E-state index is 13.5. The Bertz CT molecular complexity index is 624. The number of benzene rings is 2. The summed E-state index contributed by atoms with van der Waals surface area (Å²) in [6, 6.07) is 12.3. The predicted molar refractivity (Wildman–Crippen MR) is 74.5 cm³/mol. The van der Waals surface area contributed by atoms with Gasteiger partial charge in [0.15, 0.2) is 0 Å². The van der Waals surface area contributed by atoms with E-state index in [-0.39, 0.29) is 11.6 Å². The van der Waals surface area contributed by atoms with Crippen molar-refractivity contribution in [3.05, 3.63) is 65.7 Å². The number of carbonyl (C=O) groups is 1. The Hall–Kier alpha value is -2.23. The molecule has 1 amide bonds. The number of nitrogens with one attached hydrogen (secondary N) is 1. The summed E-state index contributed by atoms with van der Waals surface area (Å²) in [5.74, 6) is -1.82. The van der Waals surface area contributed by atoms with Gasteiger partial charge in [-0.05, 0) is 31.5 Å². The average Bonchev–Trinajstić information content (AvgIpc) is 2.42. The molecule has 1 N–H and O–H groups in total. The first kappa shape index (κ1) is 14.2. The highest BCUT2D eigenvalue weighted by Crippen LogP contribution is 2.25. The van der Waals surface area contributed by atoms with Crippen molar-refractivity contribution in [2.45, 2.75) is 19.3 Å². The first-order chi connectivity index (χ1) is 9.41. The second-order valence-electron chi connectivity index (χ2n) is 5.07. The van der Waals surface area contributed by atoms with E-state index in [1.807, 2.05) is 30.3 Å². The minimum absolute atomic E-state index is 0.0274. The lowest BCUT2D eigenvalue weighted by atomic mass is 9.83. The van der Waals surface area contributed by atoms with E-state index in [0.29, 0.717) is 0 Å². The van der Waals surface area contributed by atoms with Gasteiger partial charge in [0.1, 0.15) is 11.6 Å². The molecule has 0 saturated heterocycles. The number of hydrogen-bond acceptors (Lipinski definition) is 1. The van der Waals surface area contributed by atoms with E-state index in [1.165, 1.54) is 6.07 Å². The van der Waals surface area contributed by atoms with Gasteiger partial charge < -0.3 is 5.32 Å². The first-order valence-corrected chi connectivity index (χ1v) is 6.23. The molecule has 0 aliphatic rings. The molecule has 0 bridgehead atoms. The summed E-state index contributed by atoms with van der Waals surface area (Å²) in [5.41, 5.74) is -0.0253. The molecule has 0 spiro atoms. The smallest absolute Gasteiger partial charge is 0.234 e. The average molecular weight is 275 g/mol. The molecule has 2 nitrogen and oxygen atoms in total. The molecule has 0 saturated carbocycles. The summed E-state index contributed by atoms with van der Waals surface area (Å²) >= 11 is 0. The van der Waals surface area contributed by atoms with E-state index < -0.39 is 17.0 Å². The van der Waals surface area contributed by atoms with E-state index in [1.54, 1.807) is 13.8 Å². The maximum atomic E-state index is 13.5. The second kappa shape index (κ2) is 5.41. The lowest BCUT2D eigenvalue weighted by Crippen LogP contribution is -2.34. The lowest BCUT2D eigenvalue weighted by molar-refractivity contribution is -0.120. The van der Waals surface area contributed by atoms with Crippen molar-refractivity contribution in [2.24, 2.45) is 0 Å². The topological polar surface area (TPSA) is 29.1 Å². The Balaban J connectivity index is 2.23. The van der Waals surface area contributed by atoms with Crippen LogP contribution >= 0.6 is 0 Å². The zero-order chi connectivity index (χ0) is 14.8. The molecule has 0 unspecified atom stereocenters. The monoisotopic (exact) mass is 275 g/mol. The zero-order valence-electron chi connectivity index (χ0n) is 11.3. The van der Waals surface area contributed by atoms with Crippen LogP contribution in [0.15, 0.2) is 48.5 Å². The fourth-order valence-corrected chi connectivity index (χ4v) is 1.86. The number of anilines is 1. The number of rotatable bonds is 3. The van der Waals surface area contributed by atoms with Crippen molar-refractivity contribution in [3.63, 3.8) is 0 Å². The summed E-state index contributed by atoms with van der Waals surface area (Å²) in [7, 11) is 0. The van der Waals surface area contributed by atoms with Crippen LogP contribution in [0.5, 0.6) is 0 Å².